The maximum absolute atomic E-state index is 13.5. The van der Waals surface area contributed by atoms with E-state index in [0.717, 1.165) is 35.2 Å². The van der Waals surface area contributed by atoms with Crippen LogP contribution in [0.25, 0.3) is 22.3 Å². The van der Waals surface area contributed by atoms with Crippen LogP contribution < -0.4 is 10.7 Å². The van der Waals surface area contributed by atoms with E-state index in [9.17, 15) is 19.5 Å². The fourth-order valence-electron chi connectivity index (χ4n) is 5.12. The van der Waals surface area contributed by atoms with E-state index in [2.05, 4.69) is 5.32 Å². The monoisotopic (exact) mass is 510 g/mol. The molecule has 0 saturated carbocycles. The van der Waals surface area contributed by atoms with Crippen molar-refractivity contribution in [3.8, 4) is 11.3 Å². The Morgan fingerprint density at radius 2 is 1.82 bits per heavy atom. The number of aryl methyl sites for hydroxylation is 1. The standard InChI is InChI=1S/C31H30N2O5/c1-18-15-24(20(3)32-26-8-5-4-7-23(26)31(36)37)30-25(16-18)28(35)19(2)29(38-30)22-12-10-21(11-13-22)17-33-14-6-9-27(33)34/h4-5,7-8,10-13,15-16,20,32H,6,9,14,17H2,1-3H3,(H,36,37)/t20-/m1/s1. The number of likely N-dealkylation sites (tertiary alicyclic amines) is 1. The maximum Gasteiger partial charge on any atom is 0.337 e. The Balaban J connectivity index is 1.54. The van der Waals surface area contributed by atoms with Gasteiger partial charge in [-0.15, -0.1) is 0 Å². The second-order valence-electron chi connectivity index (χ2n) is 9.95. The van der Waals surface area contributed by atoms with Crippen LogP contribution in [0.3, 0.4) is 0 Å². The van der Waals surface area contributed by atoms with Gasteiger partial charge >= 0.3 is 5.97 Å². The smallest absolute Gasteiger partial charge is 0.337 e. The number of carbonyl (C=O) groups is 2. The third kappa shape index (κ3) is 4.79. The predicted octanol–water partition coefficient (Wildman–Crippen LogP) is 6.07. The predicted molar refractivity (Wildman–Crippen MR) is 147 cm³/mol. The fraction of sp³-hybridized carbons (Fsp3) is 0.258. The van der Waals surface area contributed by atoms with Crippen molar-refractivity contribution in [2.45, 2.75) is 46.2 Å². The largest absolute Gasteiger partial charge is 0.478 e. The summed E-state index contributed by atoms with van der Waals surface area (Å²) in [6, 6.07) is 18.0. The number of carboxylic acids is 1. The summed E-state index contributed by atoms with van der Waals surface area (Å²) < 4.78 is 6.45. The number of benzene rings is 3. The molecule has 38 heavy (non-hydrogen) atoms. The average molecular weight is 511 g/mol. The van der Waals surface area contributed by atoms with Gasteiger partial charge in [0.1, 0.15) is 11.3 Å². The molecule has 1 aromatic heterocycles. The number of anilines is 1. The van der Waals surface area contributed by atoms with Crippen LogP contribution in [0.5, 0.6) is 0 Å². The van der Waals surface area contributed by atoms with Gasteiger partial charge in [-0.25, -0.2) is 4.79 Å². The van der Waals surface area contributed by atoms with Gasteiger partial charge in [0, 0.05) is 41.9 Å². The van der Waals surface area contributed by atoms with Gasteiger partial charge in [0.25, 0.3) is 0 Å². The zero-order valence-corrected chi connectivity index (χ0v) is 21.7. The summed E-state index contributed by atoms with van der Waals surface area (Å²) in [6.45, 7) is 6.97. The van der Waals surface area contributed by atoms with Crippen molar-refractivity contribution in [1.29, 1.82) is 0 Å². The highest BCUT2D eigenvalue weighted by atomic mass is 16.4. The van der Waals surface area contributed by atoms with E-state index in [4.69, 9.17) is 4.42 Å². The molecule has 1 aliphatic heterocycles. The molecule has 0 aliphatic carbocycles. The number of nitrogens with zero attached hydrogens (tertiary/aromatic N) is 1. The SMILES string of the molecule is Cc1cc([C@@H](C)Nc2ccccc2C(=O)O)c2oc(-c3ccc(CN4CCCC4=O)cc3)c(C)c(=O)c2c1. The molecule has 0 spiro atoms. The molecule has 1 saturated heterocycles. The van der Waals surface area contributed by atoms with Gasteiger partial charge in [-0.3, -0.25) is 9.59 Å². The molecule has 194 valence electrons. The number of carboxylic acid groups (broad SMARTS) is 1. The Bertz CT molecular complexity index is 1600. The molecule has 0 bridgehead atoms. The van der Waals surface area contributed by atoms with Crippen LogP contribution in [0.4, 0.5) is 5.69 Å². The van der Waals surface area contributed by atoms with Crippen LogP contribution in [-0.4, -0.2) is 28.4 Å². The summed E-state index contributed by atoms with van der Waals surface area (Å²) >= 11 is 0. The van der Waals surface area contributed by atoms with Crippen molar-refractivity contribution in [3.63, 3.8) is 0 Å². The Hall–Kier alpha value is -4.39. The molecule has 4 aromatic rings. The van der Waals surface area contributed by atoms with Gasteiger partial charge in [-0.2, -0.15) is 0 Å². The van der Waals surface area contributed by atoms with Crippen molar-refractivity contribution < 1.29 is 19.1 Å². The van der Waals surface area contributed by atoms with E-state index in [1.54, 1.807) is 31.2 Å². The Morgan fingerprint density at radius 1 is 1.08 bits per heavy atom. The average Bonchev–Trinajstić information content (AvgIpc) is 3.30. The lowest BCUT2D eigenvalue weighted by atomic mass is 9.98. The van der Waals surface area contributed by atoms with E-state index >= 15 is 0 Å². The quantitative estimate of drug-likeness (QED) is 0.313. The first kappa shape index (κ1) is 25.3. The number of fused-ring (bicyclic) bond motifs is 1. The number of hydrogen-bond acceptors (Lipinski definition) is 5. The number of aromatic carboxylic acids is 1. The number of carbonyl (C=O) groups excluding carboxylic acids is 1. The number of hydrogen-bond donors (Lipinski definition) is 2. The molecule has 1 fully saturated rings. The lowest BCUT2D eigenvalue weighted by molar-refractivity contribution is -0.128. The summed E-state index contributed by atoms with van der Waals surface area (Å²) in [6.07, 6.45) is 1.51. The molecule has 2 heterocycles. The lowest BCUT2D eigenvalue weighted by Crippen LogP contribution is -2.23. The Labute approximate surface area is 220 Å². The molecule has 1 aliphatic rings. The molecule has 7 nitrogen and oxygen atoms in total. The highest BCUT2D eigenvalue weighted by Crippen LogP contribution is 2.33. The van der Waals surface area contributed by atoms with Crippen LogP contribution in [0.1, 0.15) is 58.4 Å². The molecular formula is C31H30N2O5. The zero-order chi connectivity index (χ0) is 27.0. The van der Waals surface area contributed by atoms with Crippen molar-refractivity contribution in [1.82, 2.24) is 4.90 Å². The minimum Gasteiger partial charge on any atom is -0.478 e. The Kier molecular flexibility index (Phi) is 6.76. The normalized spacial score (nSPS) is 14.2. The van der Waals surface area contributed by atoms with E-state index < -0.39 is 5.97 Å². The molecule has 3 aromatic carbocycles. The molecule has 1 atom stereocenters. The Morgan fingerprint density at radius 3 is 2.50 bits per heavy atom. The van der Waals surface area contributed by atoms with E-state index in [-0.39, 0.29) is 22.9 Å². The van der Waals surface area contributed by atoms with Crippen molar-refractivity contribution in [3.05, 3.63) is 98.7 Å². The minimum absolute atomic E-state index is 0.101. The highest BCUT2D eigenvalue weighted by Gasteiger charge is 2.22. The van der Waals surface area contributed by atoms with Crippen LogP contribution in [-0.2, 0) is 11.3 Å². The molecule has 2 N–H and O–H groups in total. The maximum atomic E-state index is 13.5. The number of para-hydroxylation sites is 1. The van der Waals surface area contributed by atoms with E-state index in [1.165, 1.54) is 0 Å². The molecule has 1 amide bonds. The molecule has 5 rings (SSSR count). The van der Waals surface area contributed by atoms with Crippen molar-refractivity contribution in [2.75, 3.05) is 11.9 Å². The van der Waals surface area contributed by atoms with Crippen molar-refractivity contribution >= 4 is 28.5 Å². The topological polar surface area (TPSA) is 99.8 Å². The lowest BCUT2D eigenvalue weighted by Gasteiger charge is -2.20. The van der Waals surface area contributed by atoms with Crippen LogP contribution in [0.15, 0.2) is 69.9 Å². The zero-order valence-electron chi connectivity index (χ0n) is 21.7. The second kappa shape index (κ2) is 10.2. The number of nitrogens with one attached hydrogen (secondary N) is 1. The van der Waals surface area contributed by atoms with E-state index in [1.807, 2.05) is 55.1 Å². The van der Waals surface area contributed by atoms with Gasteiger partial charge < -0.3 is 19.7 Å². The van der Waals surface area contributed by atoms with Gasteiger partial charge in [-0.1, -0.05) is 42.5 Å². The summed E-state index contributed by atoms with van der Waals surface area (Å²) in [5, 5.41) is 13.4. The summed E-state index contributed by atoms with van der Waals surface area (Å²) in [5.41, 5.74) is 5.03. The first-order valence-corrected chi connectivity index (χ1v) is 12.8. The molecular weight excluding hydrogens is 480 g/mol. The van der Waals surface area contributed by atoms with Crippen LogP contribution >= 0.6 is 0 Å². The van der Waals surface area contributed by atoms with Gasteiger partial charge in [0.15, 0.2) is 5.43 Å². The third-order valence-corrected chi connectivity index (χ3v) is 7.15. The van der Waals surface area contributed by atoms with Crippen LogP contribution in [0.2, 0.25) is 0 Å². The fourth-order valence-corrected chi connectivity index (χ4v) is 5.12. The van der Waals surface area contributed by atoms with Gasteiger partial charge in [0.05, 0.1) is 17.0 Å². The van der Waals surface area contributed by atoms with Crippen molar-refractivity contribution in [2.24, 2.45) is 0 Å². The van der Waals surface area contributed by atoms with E-state index in [0.29, 0.717) is 40.9 Å². The number of amides is 1. The first-order chi connectivity index (χ1) is 18.2. The molecule has 7 heteroatoms. The third-order valence-electron chi connectivity index (χ3n) is 7.15. The molecule has 0 radical (unpaired) electrons. The summed E-state index contributed by atoms with van der Waals surface area (Å²) in [7, 11) is 0. The summed E-state index contributed by atoms with van der Waals surface area (Å²) in [5.74, 6) is -0.340. The summed E-state index contributed by atoms with van der Waals surface area (Å²) in [4.78, 5) is 39.0. The molecule has 0 unspecified atom stereocenters. The highest BCUT2D eigenvalue weighted by molar-refractivity contribution is 5.94. The van der Waals surface area contributed by atoms with Gasteiger partial charge in [-0.05, 0) is 56.5 Å². The second-order valence-corrected chi connectivity index (χ2v) is 9.95. The van der Waals surface area contributed by atoms with Crippen LogP contribution in [0, 0.1) is 13.8 Å². The first-order valence-electron chi connectivity index (χ1n) is 12.8. The number of rotatable bonds is 7. The minimum atomic E-state index is -1.02. The van der Waals surface area contributed by atoms with Gasteiger partial charge in [0.2, 0.25) is 5.91 Å².